The molecule has 5 aliphatic rings. The SMILES string of the molecule is Cc1sc(NC(=O)O[C@@H]2CCCC(OCCOCCNc3cccc4c3C(=O)N(C3CCC(=O)NC3=O)C4=O)C2)nc1-c1ccc2c(c1)CCN2C(=O)C1CC1. The maximum absolute atomic E-state index is 13.3. The van der Waals surface area contributed by atoms with Gasteiger partial charge in [-0.3, -0.25) is 39.5 Å². The average molecular weight is 785 g/mol. The Labute approximate surface area is 327 Å². The number of piperidine rings is 1. The Kier molecular flexibility index (Phi) is 10.9. The van der Waals surface area contributed by atoms with Gasteiger partial charge in [0.2, 0.25) is 17.7 Å². The molecule has 0 bridgehead atoms. The van der Waals surface area contributed by atoms with Crippen LogP contribution in [0.2, 0.25) is 0 Å². The van der Waals surface area contributed by atoms with Gasteiger partial charge in [-0.2, -0.15) is 0 Å². The number of anilines is 3. The molecular formula is C40H44N6O9S. The van der Waals surface area contributed by atoms with Crippen LogP contribution in [0, 0.1) is 12.8 Å². The minimum absolute atomic E-state index is 0.0561. The van der Waals surface area contributed by atoms with Gasteiger partial charge in [0.15, 0.2) is 5.13 Å². The zero-order chi connectivity index (χ0) is 38.9. The molecule has 3 aliphatic heterocycles. The lowest BCUT2D eigenvalue weighted by molar-refractivity contribution is -0.136. The Bertz CT molecular complexity index is 2080. The second-order valence-electron chi connectivity index (χ2n) is 14.8. The summed E-state index contributed by atoms with van der Waals surface area (Å²) in [5.74, 6) is -1.79. The fourth-order valence-electron chi connectivity index (χ4n) is 7.97. The van der Waals surface area contributed by atoms with E-state index >= 15 is 0 Å². The van der Waals surface area contributed by atoms with Crippen LogP contribution in [0.15, 0.2) is 36.4 Å². The third-order valence-electron chi connectivity index (χ3n) is 10.9. The third-order valence-corrected chi connectivity index (χ3v) is 11.8. The van der Waals surface area contributed by atoms with Crippen molar-refractivity contribution in [3.8, 4) is 11.3 Å². The number of thiazole rings is 1. The van der Waals surface area contributed by atoms with Crippen molar-refractivity contribution in [1.29, 1.82) is 0 Å². The Morgan fingerprint density at radius 3 is 2.62 bits per heavy atom. The number of hydrogen-bond donors (Lipinski definition) is 3. The summed E-state index contributed by atoms with van der Waals surface area (Å²) in [4.78, 5) is 84.4. The molecule has 3 atom stereocenters. The summed E-state index contributed by atoms with van der Waals surface area (Å²) >= 11 is 1.40. The lowest BCUT2D eigenvalue weighted by Crippen LogP contribution is -2.54. The molecule has 1 saturated heterocycles. The van der Waals surface area contributed by atoms with Crippen molar-refractivity contribution >= 4 is 63.5 Å². The first-order valence-electron chi connectivity index (χ1n) is 19.3. The monoisotopic (exact) mass is 784 g/mol. The minimum Gasteiger partial charge on any atom is -0.446 e. The number of nitrogens with zero attached hydrogens (tertiary/aromatic N) is 3. The van der Waals surface area contributed by atoms with Crippen LogP contribution in [-0.4, -0.2) is 96.7 Å². The lowest BCUT2D eigenvalue weighted by atomic mass is 9.95. The highest BCUT2D eigenvalue weighted by atomic mass is 32.1. The van der Waals surface area contributed by atoms with Gasteiger partial charge in [0.05, 0.1) is 42.7 Å². The highest BCUT2D eigenvalue weighted by Crippen LogP contribution is 2.39. The Morgan fingerprint density at radius 2 is 1.80 bits per heavy atom. The second kappa shape index (κ2) is 16.1. The molecule has 15 nitrogen and oxygen atoms in total. The van der Waals surface area contributed by atoms with E-state index in [1.807, 2.05) is 24.0 Å². The number of benzene rings is 2. The number of rotatable bonds is 13. The normalized spacial score (nSPS) is 21.8. The average Bonchev–Trinajstić information content (AvgIpc) is 3.77. The molecule has 4 heterocycles. The topological polar surface area (TPSA) is 186 Å². The number of nitrogens with one attached hydrogen (secondary N) is 3. The first-order chi connectivity index (χ1) is 27.1. The molecular weight excluding hydrogens is 741 g/mol. The maximum atomic E-state index is 13.3. The number of imide groups is 2. The van der Waals surface area contributed by atoms with E-state index in [0.717, 1.165) is 70.8 Å². The zero-order valence-electron chi connectivity index (χ0n) is 31.1. The summed E-state index contributed by atoms with van der Waals surface area (Å²) in [5.41, 5.74) is 4.77. The van der Waals surface area contributed by atoms with Crippen LogP contribution in [0.1, 0.15) is 82.5 Å². The highest BCUT2D eigenvalue weighted by molar-refractivity contribution is 7.16. The fraction of sp³-hybridized carbons (Fsp3) is 0.475. The fourth-order valence-corrected chi connectivity index (χ4v) is 8.79. The van der Waals surface area contributed by atoms with Crippen LogP contribution >= 0.6 is 11.3 Å². The van der Waals surface area contributed by atoms with Crippen LogP contribution < -0.4 is 20.9 Å². The smallest absolute Gasteiger partial charge is 0.413 e. The lowest BCUT2D eigenvalue weighted by Gasteiger charge is -2.28. The number of aromatic nitrogens is 1. The molecule has 2 aromatic carbocycles. The van der Waals surface area contributed by atoms with Gasteiger partial charge < -0.3 is 24.4 Å². The number of carbonyl (C=O) groups excluding carboxylic acids is 6. The second-order valence-corrected chi connectivity index (χ2v) is 16.0. The van der Waals surface area contributed by atoms with E-state index in [1.165, 1.54) is 11.3 Å². The summed E-state index contributed by atoms with van der Waals surface area (Å²) in [6.45, 7) is 4.06. The van der Waals surface area contributed by atoms with Gasteiger partial charge in [0.1, 0.15) is 12.1 Å². The molecule has 1 aromatic heterocycles. The van der Waals surface area contributed by atoms with Crippen molar-refractivity contribution in [2.75, 3.05) is 48.4 Å². The Morgan fingerprint density at radius 1 is 0.964 bits per heavy atom. The predicted octanol–water partition coefficient (Wildman–Crippen LogP) is 4.82. The van der Waals surface area contributed by atoms with E-state index < -0.39 is 35.8 Å². The molecule has 2 saturated carbocycles. The van der Waals surface area contributed by atoms with E-state index in [9.17, 15) is 28.8 Å². The first kappa shape index (κ1) is 37.7. The molecule has 16 heteroatoms. The maximum Gasteiger partial charge on any atom is 0.413 e. The van der Waals surface area contributed by atoms with E-state index in [2.05, 4.69) is 22.0 Å². The number of amides is 6. The molecule has 8 rings (SSSR count). The molecule has 2 aliphatic carbocycles. The van der Waals surface area contributed by atoms with E-state index in [1.54, 1.807) is 18.2 Å². The highest BCUT2D eigenvalue weighted by Gasteiger charge is 2.45. The number of fused-ring (bicyclic) bond motifs is 2. The van der Waals surface area contributed by atoms with E-state index in [0.29, 0.717) is 50.1 Å². The van der Waals surface area contributed by atoms with Gasteiger partial charge in [-0.05, 0) is 81.7 Å². The van der Waals surface area contributed by atoms with Crippen LogP contribution in [-0.2, 0) is 35.0 Å². The molecule has 3 N–H and O–H groups in total. The minimum atomic E-state index is -1.03. The number of aryl methyl sites for hydroxylation is 1. The molecule has 0 spiro atoms. The Hall–Kier alpha value is -5.19. The van der Waals surface area contributed by atoms with Gasteiger partial charge in [0.25, 0.3) is 11.8 Å². The largest absolute Gasteiger partial charge is 0.446 e. The van der Waals surface area contributed by atoms with Crippen molar-refractivity contribution in [1.82, 2.24) is 15.2 Å². The van der Waals surface area contributed by atoms with Gasteiger partial charge in [0, 0.05) is 53.7 Å². The van der Waals surface area contributed by atoms with Crippen molar-refractivity contribution in [2.45, 2.75) is 83.0 Å². The summed E-state index contributed by atoms with van der Waals surface area (Å²) in [5, 5.41) is 8.65. The molecule has 3 aromatic rings. The molecule has 56 heavy (non-hydrogen) atoms. The van der Waals surface area contributed by atoms with E-state index in [4.69, 9.17) is 19.2 Å². The van der Waals surface area contributed by atoms with Gasteiger partial charge in [-0.1, -0.05) is 12.1 Å². The van der Waals surface area contributed by atoms with Crippen LogP contribution in [0.3, 0.4) is 0 Å². The van der Waals surface area contributed by atoms with Crippen LogP contribution in [0.5, 0.6) is 0 Å². The number of hydrogen-bond acceptors (Lipinski definition) is 12. The summed E-state index contributed by atoms with van der Waals surface area (Å²) < 4.78 is 17.6. The van der Waals surface area contributed by atoms with Gasteiger partial charge in [-0.25, -0.2) is 9.78 Å². The molecule has 6 amide bonds. The van der Waals surface area contributed by atoms with E-state index in [-0.39, 0.29) is 48.0 Å². The summed E-state index contributed by atoms with van der Waals surface area (Å²) in [6, 6.07) is 10.00. The van der Waals surface area contributed by atoms with Crippen molar-refractivity contribution < 1.29 is 43.0 Å². The van der Waals surface area contributed by atoms with Crippen molar-refractivity contribution in [2.24, 2.45) is 5.92 Å². The quantitative estimate of drug-likeness (QED) is 0.159. The predicted molar refractivity (Wildman–Crippen MR) is 206 cm³/mol. The molecule has 2 unspecified atom stereocenters. The van der Waals surface area contributed by atoms with Crippen LogP contribution in [0.4, 0.5) is 21.3 Å². The molecule has 0 radical (unpaired) electrons. The van der Waals surface area contributed by atoms with Crippen molar-refractivity contribution in [3.63, 3.8) is 0 Å². The summed E-state index contributed by atoms with van der Waals surface area (Å²) in [7, 11) is 0. The van der Waals surface area contributed by atoms with Gasteiger partial charge in [-0.15, -0.1) is 11.3 Å². The number of ether oxygens (including phenoxy) is 3. The van der Waals surface area contributed by atoms with Crippen molar-refractivity contribution in [3.05, 3.63) is 58.0 Å². The third kappa shape index (κ3) is 7.90. The summed E-state index contributed by atoms with van der Waals surface area (Å²) in [6.07, 6.45) is 5.07. The Balaban J connectivity index is 0.748. The zero-order valence-corrected chi connectivity index (χ0v) is 31.9. The number of carbonyl (C=O) groups is 6. The molecule has 3 fully saturated rings. The first-order valence-corrected chi connectivity index (χ1v) is 20.1. The molecule has 294 valence electrons. The van der Waals surface area contributed by atoms with Crippen LogP contribution in [0.25, 0.3) is 11.3 Å². The standard InChI is InChI=1S/C40H44N6O9S/c1-22-34(25-10-11-30-24(20-25)14-16-45(30)36(49)23-8-9-23)43-39(56-22)44-40(52)55-27-5-2-4-26(21-27)54-19-18-53-17-15-41-29-7-3-6-28-33(29)38(51)46(37(28)50)31-12-13-32(47)42-35(31)48/h3,6-7,10-11,20,23,26-27,31,41H,2,4-5,8-9,12-19,21H2,1H3,(H,42,47,48)(H,43,44,52)/t26?,27-,31?/m1/s1. The van der Waals surface area contributed by atoms with Gasteiger partial charge >= 0.3 is 6.09 Å².